The molecule has 1 aliphatic heterocycles. The number of carbonyl (C=O) groups excluding carboxylic acids is 1. The summed E-state index contributed by atoms with van der Waals surface area (Å²) in [7, 11) is 0. The van der Waals surface area contributed by atoms with E-state index in [9.17, 15) is 35.7 Å². The van der Waals surface area contributed by atoms with Crippen molar-refractivity contribution >= 4 is 11.8 Å². The third-order valence-corrected chi connectivity index (χ3v) is 4.32. The van der Waals surface area contributed by atoms with E-state index in [0.717, 1.165) is 13.8 Å². The first-order valence-corrected chi connectivity index (χ1v) is 6.37. The Morgan fingerprint density at radius 1 is 1.09 bits per heavy atom. The highest BCUT2D eigenvalue weighted by Crippen LogP contribution is 2.49. The van der Waals surface area contributed by atoms with E-state index in [1.54, 1.807) is 12.1 Å². The van der Waals surface area contributed by atoms with Gasteiger partial charge in [0.05, 0.1) is 36.2 Å². The summed E-state index contributed by atoms with van der Waals surface area (Å²) >= 11 is 0. The van der Waals surface area contributed by atoms with Crippen LogP contribution in [0.2, 0.25) is 0 Å². The zero-order chi connectivity index (χ0) is 18.1. The minimum absolute atomic E-state index is 0.0743. The van der Waals surface area contributed by atoms with Gasteiger partial charge in [-0.15, -0.1) is 0 Å². The van der Waals surface area contributed by atoms with Crippen LogP contribution in [0.1, 0.15) is 20.8 Å². The van der Waals surface area contributed by atoms with Gasteiger partial charge in [0.2, 0.25) is 5.41 Å². The fourth-order valence-electron chi connectivity index (χ4n) is 2.39. The smallest absolute Gasteiger partial charge is 0.339 e. The maximum atomic E-state index is 12.9. The van der Waals surface area contributed by atoms with Gasteiger partial charge in [0.25, 0.3) is 5.41 Å². The Hall–Kier alpha value is -3.30. The van der Waals surface area contributed by atoms with Crippen molar-refractivity contribution in [3.05, 3.63) is 0 Å². The molecule has 0 saturated carbocycles. The molecule has 1 rings (SSSR count). The van der Waals surface area contributed by atoms with E-state index in [4.69, 9.17) is 0 Å². The highest BCUT2D eigenvalue weighted by molar-refractivity contribution is 6.02. The number of rotatable bonds is 5. The van der Waals surface area contributed by atoms with Crippen LogP contribution >= 0.6 is 0 Å². The Bertz CT molecular complexity index is 742. The molecule has 0 saturated heterocycles. The van der Waals surface area contributed by atoms with Gasteiger partial charge in [-0.25, -0.2) is 4.79 Å². The predicted molar refractivity (Wildman–Crippen MR) is 71.9 cm³/mol. The lowest BCUT2D eigenvalue weighted by Gasteiger charge is -2.42. The van der Waals surface area contributed by atoms with Gasteiger partial charge >= 0.3 is 5.97 Å². The highest BCUT2D eigenvalue weighted by atomic mass is 16.4. The summed E-state index contributed by atoms with van der Waals surface area (Å²) in [6, 6.07) is 5.87. The Labute approximate surface area is 132 Å². The van der Waals surface area contributed by atoms with Crippen LogP contribution in [0.25, 0.3) is 0 Å². The van der Waals surface area contributed by atoms with Crippen molar-refractivity contribution in [2.24, 2.45) is 26.5 Å². The number of nitriles is 4. The topological polar surface area (TPSA) is 174 Å². The Morgan fingerprint density at radius 2 is 1.52 bits per heavy atom. The second-order valence-electron chi connectivity index (χ2n) is 5.88. The molecule has 1 aliphatic rings. The van der Waals surface area contributed by atoms with Gasteiger partial charge in [-0.05, 0) is 20.8 Å². The summed E-state index contributed by atoms with van der Waals surface area (Å²) in [6.45, 7) is 3.40. The predicted octanol–water partition coefficient (Wildman–Crippen LogP) is 0.958. The van der Waals surface area contributed by atoms with Gasteiger partial charge in [0.1, 0.15) is 5.54 Å². The molecule has 9 heteroatoms. The first kappa shape index (κ1) is 17.8. The summed E-state index contributed by atoms with van der Waals surface area (Å²) in [5, 5.41) is 53.8. The number of Topliss-reactive ketones (excluding diaryl/α,β-unsaturated/α-hetero) is 1. The van der Waals surface area contributed by atoms with Gasteiger partial charge in [-0.2, -0.15) is 31.3 Å². The van der Waals surface area contributed by atoms with Crippen molar-refractivity contribution in [1.82, 2.24) is 0 Å². The van der Waals surface area contributed by atoms with Crippen molar-refractivity contribution in [3.8, 4) is 24.3 Å². The maximum absolute atomic E-state index is 12.9. The van der Waals surface area contributed by atoms with Crippen molar-refractivity contribution < 1.29 is 14.7 Å². The number of hydrogen-bond donors (Lipinski definition) is 1. The van der Waals surface area contributed by atoms with Crippen molar-refractivity contribution in [3.63, 3.8) is 0 Å². The van der Waals surface area contributed by atoms with Gasteiger partial charge in [0, 0.05) is 0 Å². The number of carboxylic acids is 1. The summed E-state index contributed by atoms with van der Waals surface area (Å²) in [4.78, 5) is 24.4. The molecule has 0 amide bonds. The Balaban J connectivity index is 3.65. The zero-order valence-electron chi connectivity index (χ0n) is 12.7. The normalized spacial score (nSPS) is 20.1. The quantitative estimate of drug-likeness (QED) is 0.785. The number of azo groups is 1. The van der Waals surface area contributed by atoms with Crippen LogP contribution < -0.4 is 0 Å². The molecular weight excluding hydrogens is 300 g/mol. The van der Waals surface area contributed by atoms with Crippen LogP contribution in [0.15, 0.2) is 10.2 Å². The monoisotopic (exact) mass is 312 g/mol. The molecule has 0 aliphatic carbocycles. The lowest BCUT2D eigenvalue weighted by atomic mass is 9.55. The van der Waals surface area contributed by atoms with Crippen LogP contribution in [0.5, 0.6) is 0 Å². The van der Waals surface area contributed by atoms with Crippen molar-refractivity contribution in [2.45, 2.75) is 26.3 Å². The van der Waals surface area contributed by atoms with Crippen LogP contribution in [-0.4, -0.2) is 28.9 Å². The summed E-state index contributed by atoms with van der Waals surface area (Å²) in [6.07, 6.45) is 0. The van der Waals surface area contributed by atoms with E-state index in [1.165, 1.54) is 19.1 Å². The minimum atomic E-state index is -2.75. The van der Waals surface area contributed by atoms with Crippen molar-refractivity contribution in [1.29, 1.82) is 21.0 Å². The van der Waals surface area contributed by atoms with E-state index in [2.05, 4.69) is 10.2 Å². The molecule has 116 valence electrons. The molecule has 0 aromatic rings. The van der Waals surface area contributed by atoms with Crippen LogP contribution in [0, 0.1) is 61.6 Å². The van der Waals surface area contributed by atoms with Crippen molar-refractivity contribution in [2.75, 3.05) is 6.54 Å². The lowest BCUT2D eigenvalue weighted by Crippen LogP contribution is -2.60. The second-order valence-corrected chi connectivity index (χ2v) is 5.88. The van der Waals surface area contributed by atoms with Gasteiger partial charge in [0.15, 0.2) is 5.78 Å². The molecule has 0 aromatic heterocycles. The van der Waals surface area contributed by atoms with E-state index >= 15 is 0 Å². The fourth-order valence-corrected chi connectivity index (χ4v) is 2.39. The molecule has 0 aromatic carbocycles. The van der Waals surface area contributed by atoms with Gasteiger partial charge in [-0.3, -0.25) is 4.79 Å². The summed E-state index contributed by atoms with van der Waals surface area (Å²) < 4.78 is 0. The SMILES string of the molecule is CC1(C(C#N)(C#N)C(=O)C(C)(C)C(C#N)(C#N)C(=O)O)CN=N1. The number of nitrogens with zero attached hydrogens (tertiary/aromatic N) is 6. The number of hydrogen-bond acceptors (Lipinski definition) is 8. The maximum Gasteiger partial charge on any atom is 0.339 e. The van der Waals surface area contributed by atoms with Gasteiger partial charge < -0.3 is 5.11 Å². The molecule has 1 atom stereocenters. The Morgan fingerprint density at radius 3 is 1.74 bits per heavy atom. The largest absolute Gasteiger partial charge is 0.479 e. The first-order valence-electron chi connectivity index (χ1n) is 6.37. The summed E-state index contributed by atoms with van der Waals surface area (Å²) in [5.41, 5.74) is -8.70. The molecule has 0 radical (unpaired) electrons. The molecule has 23 heavy (non-hydrogen) atoms. The third-order valence-electron chi connectivity index (χ3n) is 4.32. The van der Waals surface area contributed by atoms with E-state index in [-0.39, 0.29) is 6.54 Å². The molecular formula is C14H12N6O3. The summed E-state index contributed by atoms with van der Waals surface area (Å²) in [5.74, 6) is -2.98. The number of carbonyl (C=O) groups is 2. The third kappa shape index (κ3) is 1.88. The zero-order valence-corrected chi connectivity index (χ0v) is 12.7. The molecule has 1 heterocycles. The van der Waals surface area contributed by atoms with E-state index in [0.29, 0.717) is 0 Å². The average molecular weight is 312 g/mol. The second kappa shape index (κ2) is 5.16. The molecule has 1 unspecified atom stereocenters. The lowest BCUT2D eigenvalue weighted by molar-refractivity contribution is -0.155. The number of ketones is 1. The average Bonchev–Trinajstić information content (AvgIpc) is 2.48. The van der Waals surface area contributed by atoms with Gasteiger partial charge in [-0.1, -0.05) is 0 Å². The molecule has 0 bridgehead atoms. The molecule has 9 nitrogen and oxygen atoms in total. The van der Waals surface area contributed by atoms with Crippen LogP contribution in [0.3, 0.4) is 0 Å². The molecule has 1 N–H and O–H groups in total. The number of aliphatic carboxylic acids is 1. The molecule has 0 fully saturated rings. The van der Waals surface area contributed by atoms with Crippen LogP contribution in [-0.2, 0) is 9.59 Å². The molecule has 0 spiro atoms. The standard InChI is InChI=1S/C14H12N6O3/c1-11(2,14(6-17,7-18)10(22)23)9(21)13(4-15,5-16)12(3)8-19-20-12/h8H2,1-3H3,(H,22,23). The van der Waals surface area contributed by atoms with Crippen LogP contribution in [0.4, 0.5) is 0 Å². The first-order chi connectivity index (χ1) is 10.5. The fraction of sp³-hybridized carbons (Fsp3) is 0.571. The Kier molecular flexibility index (Phi) is 3.98. The van der Waals surface area contributed by atoms with E-state index < -0.39 is 33.5 Å². The highest BCUT2D eigenvalue weighted by Gasteiger charge is 2.68. The van der Waals surface area contributed by atoms with E-state index in [1.807, 2.05) is 0 Å². The number of carboxylic acid groups (broad SMARTS) is 1. The minimum Gasteiger partial charge on any atom is -0.479 e.